The number of hydrogen-bond donors (Lipinski definition) is 5. The zero-order valence-electron chi connectivity index (χ0n) is 74.1. The molecule has 2 aliphatic heterocycles. The molecule has 4 aromatic carbocycles. The number of benzene rings is 4. The van der Waals surface area contributed by atoms with Crippen LogP contribution < -0.4 is 45.5 Å². The highest BCUT2D eigenvalue weighted by molar-refractivity contribution is 7.93. The van der Waals surface area contributed by atoms with E-state index in [0.717, 1.165) is 18.6 Å². The third-order valence-electron chi connectivity index (χ3n) is 22.2. The van der Waals surface area contributed by atoms with Gasteiger partial charge in [0.05, 0.1) is 88.1 Å². The van der Waals surface area contributed by atoms with Gasteiger partial charge in [0.15, 0.2) is 61.9 Å². The minimum absolute atomic E-state index is 0.00191. The number of anilines is 4. The van der Waals surface area contributed by atoms with Crippen LogP contribution in [0.4, 0.5) is 57.9 Å². The molecule has 140 heavy (non-hydrogen) atoms. The van der Waals surface area contributed by atoms with Crippen LogP contribution in [0.25, 0.3) is 67.6 Å². The van der Waals surface area contributed by atoms with E-state index >= 15 is 0 Å². The number of fused-ring (bicyclic) bond motifs is 4. The number of nitrogens with one attached hydrogen (secondary N) is 5. The summed E-state index contributed by atoms with van der Waals surface area (Å²) in [6.45, 7) is -8.26. The van der Waals surface area contributed by atoms with E-state index in [4.69, 9.17) is 0 Å². The highest BCUT2D eigenvalue weighted by Crippen LogP contribution is 2.44. The minimum Gasteiger partial charge on any atom is -0.434 e. The summed E-state index contributed by atoms with van der Waals surface area (Å²) in [4.78, 5) is 70.3. The van der Waals surface area contributed by atoms with Crippen molar-refractivity contribution in [1.82, 2.24) is 108 Å². The molecule has 19 rings (SSSR count). The first-order valence-corrected chi connectivity index (χ1v) is 48.1. The number of ether oxygens (including phenoxy) is 4. The predicted octanol–water partition coefficient (Wildman–Crippen LogP) is 10.3. The lowest BCUT2D eigenvalue weighted by atomic mass is 10.00. The Morgan fingerprint density at radius 2 is 0.643 bits per heavy atom. The van der Waals surface area contributed by atoms with Gasteiger partial charge in [0.25, 0.3) is 23.6 Å². The number of carbonyl (C=O) groups is 4. The fourth-order valence-electron chi connectivity index (χ4n) is 15.0. The monoisotopic (exact) mass is 2010 g/mol. The number of carbonyl (C=O) groups excluding carboxylic acids is 4. The van der Waals surface area contributed by atoms with Gasteiger partial charge < -0.3 is 50.4 Å². The fourth-order valence-corrected chi connectivity index (χ4v) is 21.3. The number of rotatable bonds is 28. The summed E-state index contributed by atoms with van der Waals surface area (Å²) in [6, 6.07) is 21.2. The average molecular weight is 2010 g/mol. The summed E-state index contributed by atoms with van der Waals surface area (Å²) in [5, 5.41) is 44.6. The zero-order chi connectivity index (χ0) is 99.7. The smallest absolute Gasteiger partial charge is 0.387 e. The maximum atomic E-state index is 13.2. The Morgan fingerprint density at radius 3 is 0.886 bits per heavy atom. The molecule has 14 heterocycles. The lowest BCUT2D eigenvalue weighted by Crippen LogP contribution is -2.52. The second-order valence-electron chi connectivity index (χ2n) is 31.9. The molecule has 16 aromatic rings. The number of sulfone groups is 4. The first-order valence-electron chi connectivity index (χ1n) is 41.9. The van der Waals surface area contributed by atoms with E-state index in [1.165, 1.54) is 186 Å². The van der Waals surface area contributed by atoms with Gasteiger partial charge >= 0.3 is 26.4 Å². The van der Waals surface area contributed by atoms with Gasteiger partial charge in [-0.25, -0.2) is 71.7 Å². The largest absolute Gasteiger partial charge is 0.434 e. The highest BCUT2D eigenvalue weighted by Gasteiger charge is 2.40. The van der Waals surface area contributed by atoms with Gasteiger partial charge in [-0.15, -0.1) is 0 Å². The van der Waals surface area contributed by atoms with Crippen LogP contribution in [0.3, 0.4) is 0 Å². The van der Waals surface area contributed by atoms with E-state index < -0.39 is 110 Å². The van der Waals surface area contributed by atoms with Crippen LogP contribution in [0, 0.1) is 0 Å². The number of aryl methyl sites for hydroxylation is 4. The maximum absolute atomic E-state index is 13.2. The molecular weight excluding hydrogens is 1930 g/mol. The molecule has 5 N–H and O–H groups in total. The van der Waals surface area contributed by atoms with Gasteiger partial charge in [0.2, 0.25) is 0 Å². The Morgan fingerprint density at radius 1 is 0.379 bits per heavy atom. The van der Waals surface area contributed by atoms with Crippen molar-refractivity contribution in [3.8, 4) is 68.0 Å². The summed E-state index contributed by atoms with van der Waals surface area (Å²) in [5.74, 6) is -3.35. The molecule has 54 heteroatoms. The molecule has 0 atom stereocenters. The quantitative estimate of drug-likeness (QED) is 0.0284. The number of aromatic nitrogens is 20. The lowest BCUT2D eigenvalue weighted by Gasteiger charge is -2.35. The Bertz CT molecular complexity index is 7700. The topological polar surface area (TPSA) is 497 Å². The van der Waals surface area contributed by atoms with E-state index in [2.05, 4.69) is 106 Å². The molecule has 0 radical (unpaired) electrons. The number of amides is 4. The van der Waals surface area contributed by atoms with Gasteiger partial charge in [0.1, 0.15) is 68.0 Å². The molecule has 4 amide bonds. The Balaban J connectivity index is 0.000000135. The molecule has 3 fully saturated rings. The van der Waals surface area contributed by atoms with Crippen LogP contribution in [-0.4, -0.2) is 240 Å². The molecule has 0 spiro atoms. The van der Waals surface area contributed by atoms with Crippen molar-refractivity contribution in [3.63, 3.8) is 0 Å². The third-order valence-corrected chi connectivity index (χ3v) is 30.8. The van der Waals surface area contributed by atoms with Crippen LogP contribution in [0.15, 0.2) is 216 Å². The molecule has 12 aromatic heterocycles. The molecule has 3 aliphatic rings. The summed E-state index contributed by atoms with van der Waals surface area (Å²) in [7, 11) is -6.71. The van der Waals surface area contributed by atoms with Crippen molar-refractivity contribution >= 4 is 108 Å². The molecule has 1 aliphatic carbocycles. The van der Waals surface area contributed by atoms with Crippen molar-refractivity contribution in [2.24, 2.45) is 28.2 Å². The number of halogens is 8. The van der Waals surface area contributed by atoms with E-state index in [1.54, 1.807) is 84.3 Å². The van der Waals surface area contributed by atoms with Gasteiger partial charge in [0, 0.05) is 151 Å². The second kappa shape index (κ2) is 39.9. The summed E-state index contributed by atoms with van der Waals surface area (Å²) in [6.07, 6.45) is 25.8. The lowest BCUT2D eigenvalue weighted by molar-refractivity contribution is -0.0501. The van der Waals surface area contributed by atoms with Crippen LogP contribution in [0.1, 0.15) is 74.5 Å². The normalized spacial score (nSPS) is 13.9. The highest BCUT2D eigenvalue weighted by atomic mass is 32.2. The van der Waals surface area contributed by atoms with E-state index in [0.29, 0.717) is 61.6 Å². The molecular formula is C86H80F8N26O16S4. The first kappa shape index (κ1) is 97.5. The van der Waals surface area contributed by atoms with Gasteiger partial charge in [-0.05, 0) is 131 Å². The van der Waals surface area contributed by atoms with Crippen LogP contribution in [0.5, 0.6) is 23.0 Å². The zero-order valence-corrected chi connectivity index (χ0v) is 77.4. The molecule has 1 saturated carbocycles. The molecule has 0 unspecified atom stereocenters. The SMILES string of the molecule is CC(C)S(=O)(=O)c1ccc(OC(F)F)c(-c2nn(C)cc2NC(=O)c2cnn3cccnc23)c1.CN1CC(S(=O)(=O)c2ccc(OC(F)F)c(-c3nn(C)cc3NC(=O)c3cnn4cccnc34)c2)C1.Cn1cc(NC(=O)c2cnn3cccnc23)c(-c2cc(S(=O)(=O)C3CCC3)ccc2OC(F)F)n1.Cn1cc(NC(=O)c2cnn3cccnc23)c(-c2cc(S(=O)(=O)C3CNC3)ccc2OC(F)F)n1. The minimum atomic E-state index is -3.73. The molecule has 42 nitrogen and oxygen atoms in total. The standard InChI is InChI=1S/C22H21F2N7O4S.C22H20F2N6O4S.C21H19F2N7O4S.C21H20F2N6O4S/c1-29-10-14(11-29)36(33,34)13-4-5-18(35-22(23)24)15(8-13)19-17(12-30(2)28-19)27-21(32)16-9-26-31-7-3-6-25-20(16)31;1-29-12-17(27-21(31)16-11-26-30-9-3-8-25-20(16)30)19(28-29)15-10-14(6-7-18(15)34-22(23)24)35(32,33)13-4-2-5-13;1-29-11-16(27-20(31)15-10-26-30-6-2-5-25-19(15)30)18(28-29)14-7-12(3-4-17(14)34-21(22)23)35(32,33)13-8-24-9-13;1-12(2)34(31,32)13-5-6-17(33-21(22)23)14(9-13)18-16(11-28(3)27-18)26-20(30)15-10-25-29-8-4-7-24-19(15)29/h3-9,12,14,22H,10-11H2,1-2H3,(H,27,32);3,6-13,22H,2,4-5H2,1H3,(H,27,31);2-7,10-11,13,21,24H,8-9H2,1H3,(H,27,31);4-12,21H,1-3H3,(H,26,30). The second-order valence-corrected chi connectivity index (χ2v) is 41.1. The van der Waals surface area contributed by atoms with Gasteiger partial charge in [-0.2, -0.15) is 75.9 Å². The van der Waals surface area contributed by atoms with Crippen molar-refractivity contribution in [2.45, 2.75) is 100 Å². The number of hydrogen-bond acceptors (Lipinski definition) is 30. The number of alkyl halides is 8. The predicted molar refractivity (Wildman–Crippen MR) is 484 cm³/mol. The first-order chi connectivity index (χ1) is 66.7. The fraction of sp³-hybridized carbons (Fsp3) is 0.256. The summed E-state index contributed by atoms with van der Waals surface area (Å²) in [5.41, 5.74) is 2.89. The van der Waals surface area contributed by atoms with Crippen molar-refractivity contribution in [3.05, 3.63) is 218 Å². The van der Waals surface area contributed by atoms with Crippen molar-refractivity contribution < 1.29 is 107 Å². The summed E-state index contributed by atoms with van der Waals surface area (Å²) >= 11 is 0. The summed E-state index contributed by atoms with van der Waals surface area (Å²) < 4.78 is 238. The van der Waals surface area contributed by atoms with Crippen LogP contribution >= 0.6 is 0 Å². The van der Waals surface area contributed by atoms with Crippen LogP contribution in [-0.2, 0) is 67.5 Å². The van der Waals surface area contributed by atoms with E-state index in [1.807, 2.05) is 4.90 Å². The Kier molecular flexibility index (Phi) is 27.8. The van der Waals surface area contributed by atoms with Crippen LogP contribution in [0.2, 0.25) is 0 Å². The van der Waals surface area contributed by atoms with Gasteiger partial charge in [-0.3, -0.25) is 37.9 Å². The third kappa shape index (κ3) is 20.5. The van der Waals surface area contributed by atoms with E-state index in [9.17, 15) is 88.0 Å². The van der Waals surface area contributed by atoms with Gasteiger partial charge in [-0.1, -0.05) is 6.42 Å². The van der Waals surface area contributed by atoms with E-state index in [-0.39, 0.29) is 133 Å². The molecule has 0 bridgehead atoms. The van der Waals surface area contributed by atoms with Crippen molar-refractivity contribution in [2.75, 3.05) is 54.5 Å². The Labute approximate surface area is 788 Å². The number of likely N-dealkylation sites (tertiary alicyclic amines) is 1. The average Bonchev–Trinajstić information content (AvgIpc) is 1.06. The van der Waals surface area contributed by atoms with Crippen molar-refractivity contribution in [1.29, 1.82) is 0 Å². The Hall–Kier alpha value is -15.6. The molecule has 2 saturated heterocycles. The number of nitrogens with zero attached hydrogens (tertiary/aromatic N) is 21. The maximum Gasteiger partial charge on any atom is 0.387 e. The molecule has 730 valence electrons.